The lowest BCUT2D eigenvalue weighted by Crippen LogP contribution is -2.35. The summed E-state index contributed by atoms with van der Waals surface area (Å²) in [5.41, 5.74) is 3.25. The molecule has 0 aromatic heterocycles. The quantitative estimate of drug-likeness (QED) is 0.343. The number of aryl methyl sites for hydroxylation is 2. The summed E-state index contributed by atoms with van der Waals surface area (Å²) in [6, 6.07) is 7.41. The van der Waals surface area contributed by atoms with Crippen molar-refractivity contribution in [2.75, 3.05) is 25.0 Å². The number of nitrogens with zero attached hydrogens (tertiary/aromatic N) is 1. The lowest BCUT2D eigenvalue weighted by Gasteiger charge is -2.28. The second-order valence-electron chi connectivity index (χ2n) is 7.93. The van der Waals surface area contributed by atoms with Gasteiger partial charge in [-0.25, -0.2) is 8.42 Å². The molecule has 3 rings (SSSR count). The maximum Gasteiger partial charge on any atom is 0.247 e. The molecule has 1 aliphatic heterocycles. The number of halogens is 1. The first kappa shape index (κ1) is 24.8. The zero-order chi connectivity index (χ0) is 23.5. The van der Waals surface area contributed by atoms with E-state index in [0.717, 1.165) is 24.8 Å². The molecular weight excluding hydrogens is 494 g/mol. The number of fused-ring (bicyclic) bond motifs is 3. The van der Waals surface area contributed by atoms with Gasteiger partial charge in [-0.3, -0.25) is 0 Å². The monoisotopic (exact) mass is 523 g/mol. The third kappa shape index (κ3) is 4.73. The fourth-order valence-corrected chi connectivity index (χ4v) is 6.45. The number of aliphatic hydroxyl groups is 1. The minimum Gasteiger partial charge on any atom is -0.506 e. The summed E-state index contributed by atoms with van der Waals surface area (Å²) in [7, 11) is -4.07. The number of aliphatic hydroxyl groups excluding tert-OH is 1. The predicted octanol–water partition coefficient (Wildman–Crippen LogP) is 4.84. The number of aromatic hydroxyl groups is 1. The third-order valence-corrected chi connectivity index (χ3v) is 7.98. The molecule has 0 saturated carbocycles. The first-order chi connectivity index (χ1) is 15.3. The van der Waals surface area contributed by atoms with Gasteiger partial charge < -0.3 is 14.9 Å². The molecule has 8 heteroatoms. The average molecular weight is 524 g/mol. The van der Waals surface area contributed by atoms with Crippen LogP contribution in [0.5, 0.6) is 11.5 Å². The van der Waals surface area contributed by atoms with Crippen molar-refractivity contribution in [2.24, 2.45) is 0 Å². The molecule has 0 amide bonds. The van der Waals surface area contributed by atoms with Crippen LogP contribution in [0.2, 0.25) is 0 Å². The van der Waals surface area contributed by atoms with Crippen molar-refractivity contribution in [3.05, 3.63) is 47.5 Å². The van der Waals surface area contributed by atoms with Crippen LogP contribution in [0.3, 0.4) is 0 Å². The van der Waals surface area contributed by atoms with Gasteiger partial charge in [0.25, 0.3) is 0 Å². The van der Waals surface area contributed by atoms with E-state index in [4.69, 9.17) is 4.74 Å². The van der Waals surface area contributed by atoms with Gasteiger partial charge in [-0.15, -0.1) is 0 Å². The van der Waals surface area contributed by atoms with Crippen LogP contribution in [-0.4, -0.2) is 48.0 Å². The van der Waals surface area contributed by atoms with E-state index in [9.17, 15) is 18.6 Å². The number of phenols is 1. The fourth-order valence-electron chi connectivity index (χ4n) is 4.04. The van der Waals surface area contributed by atoms with Crippen molar-refractivity contribution >= 4 is 31.7 Å². The molecule has 0 atom stereocenters. The smallest absolute Gasteiger partial charge is 0.247 e. The molecule has 6 nitrogen and oxygen atoms in total. The van der Waals surface area contributed by atoms with Gasteiger partial charge in [-0.1, -0.05) is 66.0 Å². The molecule has 2 aromatic rings. The van der Waals surface area contributed by atoms with E-state index >= 15 is 0 Å². The molecule has 0 aliphatic carbocycles. The van der Waals surface area contributed by atoms with E-state index in [0.29, 0.717) is 45.5 Å². The van der Waals surface area contributed by atoms with E-state index in [1.54, 1.807) is 6.07 Å². The lowest BCUT2D eigenvalue weighted by molar-refractivity contribution is 0.257. The SMILES string of the molecule is C=C1Oc2cc(CCCCC)c(S(=O)(=O)N(CCO)CCBr)c(O)c2-c2cc(C)ccc21. The number of phenolic OH excluding ortho intramolecular Hbond substituents is 1. The number of unbranched alkanes of at least 4 members (excludes halogenated alkanes) is 2. The van der Waals surface area contributed by atoms with E-state index in [2.05, 4.69) is 29.4 Å². The van der Waals surface area contributed by atoms with Gasteiger partial charge in [-0.05, 0) is 31.4 Å². The molecule has 1 aliphatic rings. The maximum atomic E-state index is 13.7. The Morgan fingerprint density at radius 1 is 1.16 bits per heavy atom. The van der Waals surface area contributed by atoms with Crippen LogP contribution in [0.4, 0.5) is 0 Å². The van der Waals surface area contributed by atoms with Crippen LogP contribution in [-0.2, 0) is 16.4 Å². The highest BCUT2D eigenvalue weighted by molar-refractivity contribution is 9.09. The van der Waals surface area contributed by atoms with Gasteiger partial charge >= 0.3 is 0 Å². The number of hydrogen-bond donors (Lipinski definition) is 2. The second kappa shape index (κ2) is 10.4. The number of sulfonamides is 1. The van der Waals surface area contributed by atoms with Gasteiger partial charge in [-0.2, -0.15) is 4.31 Å². The summed E-state index contributed by atoms with van der Waals surface area (Å²) in [6.45, 7) is 7.83. The zero-order valence-electron chi connectivity index (χ0n) is 18.5. The normalized spacial score (nSPS) is 13.1. The summed E-state index contributed by atoms with van der Waals surface area (Å²) >= 11 is 3.29. The molecule has 0 spiro atoms. The highest BCUT2D eigenvalue weighted by atomic mass is 79.9. The Hall–Kier alpha value is -1.87. The van der Waals surface area contributed by atoms with E-state index < -0.39 is 10.0 Å². The highest BCUT2D eigenvalue weighted by Crippen LogP contribution is 2.50. The van der Waals surface area contributed by atoms with Crippen molar-refractivity contribution in [3.8, 4) is 22.6 Å². The summed E-state index contributed by atoms with van der Waals surface area (Å²) in [5.74, 6) is 0.555. The molecule has 174 valence electrons. The van der Waals surface area contributed by atoms with Crippen molar-refractivity contribution in [2.45, 2.75) is 44.4 Å². The van der Waals surface area contributed by atoms with Crippen LogP contribution in [0.25, 0.3) is 16.9 Å². The molecule has 0 bridgehead atoms. The Kier molecular flexibility index (Phi) is 8.03. The zero-order valence-corrected chi connectivity index (χ0v) is 20.9. The standard InChI is InChI=1S/C24H30BrNO5S/c1-4-5-6-7-18-15-21-22(20-14-16(2)8-9-19(20)17(3)31-21)23(28)24(18)32(29,30)26(11-10-25)12-13-27/h8-9,14-15,27-28H,3-7,10-13H2,1-2H3. The topological polar surface area (TPSA) is 87.1 Å². The van der Waals surface area contributed by atoms with Gasteiger partial charge in [0.2, 0.25) is 10.0 Å². The maximum absolute atomic E-state index is 13.7. The molecule has 2 aromatic carbocycles. The van der Waals surface area contributed by atoms with Gasteiger partial charge in [0.15, 0.2) is 0 Å². The predicted molar refractivity (Wildman–Crippen MR) is 131 cm³/mol. The largest absolute Gasteiger partial charge is 0.506 e. The summed E-state index contributed by atoms with van der Waals surface area (Å²) in [4.78, 5) is -0.106. The minimum absolute atomic E-state index is 0.0537. The molecule has 0 unspecified atom stereocenters. The van der Waals surface area contributed by atoms with Crippen molar-refractivity contribution in [1.82, 2.24) is 4.31 Å². The highest BCUT2D eigenvalue weighted by Gasteiger charge is 2.35. The molecule has 2 N–H and O–H groups in total. The van der Waals surface area contributed by atoms with Gasteiger partial charge in [0, 0.05) is 29.5 Å². The molecule has 0 saturated heterocycles. The lowest BCUT2D eigenvalue weighted by atomic mass is 9.91. The Balaban J connectivity index is 2.28. The van der Waals surface area contributed by atoms with Crippen LogP contribution >= 0.6 is 15.9 Å². The molecule has 32 heavy (non-hydrogen) atoms. The Labute approximate surface area is 198 Å². The van der Waals surface area contributed by atoms with Gasteiger partial charge in [0.1, 0.15) is 22.2 Å². The fraction of sp³-hybridized carbons (Fsp3) is 0.417. The van der Waals surface area contributed by atoms with E-state index in [-0.39, 0.29) is 30.3 Å². The van der Waals surface area contributed by atoms with Crippen LogP contribution in [0.1, 0.15) is 42.9 Å². The first-order valence-electron chi connectivity index (χ1n) is 10.8. The van der Waals surface area contributed by atoms with Gasteiger partial charge in [0.05, 0.1) is 12.2 Å². The van der Waals surface area contributed by atoms with Crippen LogP contribution in [0, 0.1) is 6.92 Å². The number of ether oxygens (including phenoxy) is 1. The number of benzene rings is 2. The minimum atomic E-state index is -4.07. The first-order valence-corrected chi connectivity index (χ1v) is 13.4. The van der Waals surface area contributed by atoms with Crippen LogP contribution < -0.4 is 4.74 Å². The second-order valence-corrected chi connectivity index (χ2v) is 10.6. The molecular formula is C24H30BrNO5S. The van der Waals surface area contributed by atoms with Crippen molar-refractivity contribution < 1.29 is 23.4 Å². The van der Waals surface area contributed by atoms with Crippen molar-refractivity contribution in [1.29, 1.82) is 0 Å². The van der Waals surface area contributed by atoms with Crippen molar-refractivity contribution in [3.63, 3.8) is 0 Å². The Morgan fingerprint density at radius 3 is 2.56 bits per heavy atom. The Morgan fingerprint density at radius 2 is 1.91 bits per heavy atom. The number of alkyl halides is 1. The summed E-state index contributed by atoms with van der Waals surface area (Å²) in [6.07, 6.45) is 3.20. The van der Waals surface area contributed by atoms with E-state index in [1.807, 2.05) is 25.1 Å². The Bertz CT molecular complexity index is 1110. The van der Waals surface area contributed by atoms with Crippen LogP contribution in [0.15, 0.2) is 35.7 Å². The van der Waals surface area contributed by atoms with E-state index in [1.165, 1.54) is 4.31 Å². The molecule has 1 heterocycles. The number of rotatable bonds is 10. The molecule has 0 fully saturated rings. The summed E-state index contributed by atoms with van der Waals surface area (Å²) < 4.78 is 34.5. The summed E-state index contributed by atoms with van der Waals surface area (Å²) in [5, 5.41) is 21.3. The molecule has 0 radical (unpaired) electrons. The average Bonchev–Trinajstić information content (AvgIpc) is 2.73. The number of hydrogen-bond acceptors (Lipinski definition) is 5. The third-order valence-electron chi connectivity index (χ3n) is 5.60.